The zero-order valence-electron chi connectivity index (χ0n) is 12.5. The molecule has 110 valence electrons. The molecule has 1 aromatic carbocycles. The molecule has 1 saturated heterocycles. The first-order valence-electron chi connectivity index (χ1n) is 7.57. The monoisotopic (exact) mass is 274 g/mol. The molecule has 0 amide bonds. The van der Waals surface area contributed by atoms with E-state index in [-0.39, 0.29) is 0 Å². The molecule has 3 nitrogen and oxygen atoms in total. The Balaban J connectivity index is 1.57. The van der Waals surface area contributed by atoms with Crippen LogP contribution in [0.4, 0.5) is 0 Å². The second-order valence-corrected chi connectivity index (χ2v) is 5.39. The Hall–Kier alpha value is -1.16. The predicted molar refractivity (Wildman–Crippen MR) is 84.8 cm³/mol. The number of morpholine rings is 1. The van der Waals surface area contributed by atoms with Gasteiger partial charge in [0.05, 0.1) is 13.2 Å². The molecule has 1 aromatic rings. The average molecular weight is 274 g/mol. The van der Waals surface area contributed by atoms with Crippen molar-refractivity contribution in [3.63, 3.8) is 0 Å². The molecule has 0 saturated carbocycles. The lowest BCUT2D eigenvalue weighted by molar-refractivity contribution is 0.0375. The summed E-state index contributed by atoms with van der Waals surface area (Å²) < 4.78 is 5.35. The molecule has 2 rings (SSSR count). The van der Waals surface area contributed by atoms with E-state index in [1.807, 2.05) is 0 Å². The Morgan fingerprint density at radius 2 is 2.00 bits per heavy atom. The zero-order valence-corrected chi connectivity index (χ0v) is 12.5. The van der Waals surface area contributed by atoms with Gasteiger partial charge < -0.3 is 10.1 Å². The molecule has 1 fully saturated rings. The van der Waals surface area contributed by atoms with Crippen LogP contribution in [-0.2, 0) is 4.74 Å². The van der Waals surface area contributed by atoms with E-state index >= 15 is 0 Å². The second kappa shape index (κ2) is 8.90. The lowest BCUT2D eigenvalue weighted by Crippen LogP contribution is -2.37. The van der Waals surface area contributed by atoms with Crippen LogP contribution >= 0.6 is 0 Å². The van der Waals surface area contributed by atoms with E-state index in [4.69, 9.17) is 4.74 Å². The highest BCUT2D eigenvalue weighted by molar-refractivity contribution is 5.52. The van der Waals surface area contributed by atoms with Gasteiger partial charge in [-0.15, -0.1) is 0 Å². The lowest BCUT2D eigenvalue weighted by Gasteiger charge is -2.26. The largest absolute Gasteiger partial charge is 0.379 e. The number of nitrogens with one attached hydrogen (secondary N) is 1. The molecule has 3 heteroatoms. The topological polar surface area (TPSA) is 24.5 Å². The van der Waals surface area contributed by atoms with Crippen LogP contribution in [-0.4, -0.2) is 50.8 Å². The second-order valence-electron chi connectivity index (χ2n) is 5.39. The Morgan fingerprint density at radius 3 is 2.75 bits per heavy atom. The van der Waals surface area contributed by atoms with Crippen molar-refractivity contribution in [3.05, 3.63) is 41.5 Å². The minimum atomic E-state index is 0.895. The molecule has 0 radical (unpaired) electrons. The van der Waals surface area contributed by atoms with E-state index in [1.54, 1.807) is 0 Å². The van der Waals surface area contributed by atoms with Gasteiger partial charge in [0.15, 0.2) is 0 Å². The van der Waals surface area contributed by atoms with Gasteiger partial charge in [-0.25, -0.2) is 0 Å². The van der Waals surface area contributed by atoms with Crippen LogP contribution in [0.15, 0.2) is 35.9 Å². The van der Waals surface area contributed by atoms with Crippen molar-refractivity contribution < 1.29 is 4.74 Å². The van der Waals surface area contributed by atoms with Crippen LogP contribution in [0.3, 0.4) is 0 Å². The highest BCUT2D eigenvalue weighted by Crippen LogP contribution is 2.05. The molecule has 0 atom stereocenters. The van der Waals surface area contributed by atoms with Crippen molar-refractivity contribution in [2.24, 2.45) is 0 Å². The summed E-state index contributed by atoms with van der Waals surface area (Å²) in [4.78, 5) is 2.48. The van der Waals surface area contributed by atoms with Gasteiger partial charge in [-0.05, 0) is 32.0 Å². The summed E-state index contributed by atoms with van der Waals surface area (Å²) in [5, 5.41) is 3.52. The molecule has 0 spiro atoms. The summed E-state index contributed by atoms with van der Waals surface area (Å²) in [6.45, 7) is 9.38. The average Bonchev–Trinajstić information content (AvgIpc) is 2.49. The van der Waals surface area contributed by atoms with Crippen molar-refractivity contribution in [3.8, 4) is 0 Å². The molecular formula is C17H26N2O. The summed E-state index contributed by atoms with van der Waals surface area (Å²) in [5.41, 5.74) is 2.66. The van der Waals surface area contributed by atoms with E-state index in [1.165, 1.54) is 24.1 Å². The fraction of sp³-hybridized carbons (Fsp3) is 0.529. The number of hydrogen-bond acceptors (Lipinski definition) is 3. The molecule has 0 aliphatic carbocycles. The first-order valence-corrected chi connectivity index (χ1v) is 7.57. The van der Waals surface area contributed by atoms with Crippen LogP contribution in [0.1, 0.15) is 18.9 Å². The maximum atomic E-state index is 5.35. The minimum absolute atomic E-state index is 0.895. The van der Waals surface area contributed by atoms with Crippen molar-refractivity contribution >= 4 is 6.08 Å². The normalized spacial score (nSPS) is 17.4. The maximum Gasteiger partial charge on any atom is 0.0594 e. The Bertz CT molecular complexity index is 397. The number of benzene rings is 1. The highest BCUT2D eigenvalue weighted by atomic mass is 16.5. The van der Waals surface area contributed by atoms with Gasteiger partial charge in [-0.3, -0.25) is 4.90 Å². The van der Waals surface area contributed by atoms with Gasteiger partial charge in [0.1, 0.15) is 0 Å². The fourth-order valence-corrected chi connectivity index (χ4v) is 2.42. The summed E-state index contributed by atoms with van der Waals surface area (Å²) in [6.07, 6.45) is 3.45. The molecule has 20 heavy (non-hydrogen) atoms. The van der Waals surface area contributed by atoms with Gasteiger partial charge in [-0.1, -0.05) is 42.0 Å². The number of ether oxygens (including phenoxy) is 1. The number of rotatable bonds is 7. The van der Waals surface area contributed by atoms with E-state index < -0.39 is 0 Å². The zero-order chi connectivity index (χ0) is 14.0. The van der Waals surface area contributed by atoms with Crippen LogP contribution in [0, 0.1) is 0 Å². The van der Waals surface area contributed by atoms with Crippen LogP contribution in [0.2, 0.25) is 0 Å². The van der Waals surface area contributed by atoms with Crippen molar-refractivity contribution in [2.75, 3.05) is 45.9 Å². The van der Waals surface area contributed by atoms with Crippen LogP contribution in [0.5, 0.6) is 0 Å². The molecule has 1 N–H and O–H groups in total. The highest BCUT2D eigenvalue weighted by Gasteiger charge is 2.08. The molecule has 1 aliphatic rings. The van der Waals surface area contributed by atoms with Gasteiger partial charge in [0, 0.05) is 19.6 Å². The molecule has 1 aliphatic heterocycles. The fourth-order valence-electron chi connectivity index (χ4n) is 2.42. The Labute approximate surface area is 122 Å². The Morgan fingerprint density at radius 1 is 1.25 bits per heavy atom. The molecule has 0 aromatic heterocycles. The third-order valence-corrected chi connectivity index (χ3v) is 3.55. The summed E-state index contributed by atoms with van der Waals surface area (Å²) in [6, 6.07) is 10.5. The van der Waals surface area contributed by atoms with Crippen LogP contribution < -0.4 is 5.32 Å². The molecule has 1 heterocycles. The van der Waals surface area contributed by atoms with Crippen LogP contribution in [0.25, 0.3) is 6.08 Å². The lowest BCUT2D eigenvalue weighted by atomic mass is 10.1. The quantitative estimate of drug-likeness (QED) is 0.773. The van der Waals surface area contributed by atoms with Crippen molar-refractivity contribution in [2.45, 2.75) is 13.3 Å². The number of nitrogens with zero attached hydrogens (tertiary/aromatic N) is 1. The SMILES string of the molecule is C/C(=C\c1ccccc1)CNCCCN1CCOCC1. The smallest absolute Gasteiger partial charge is 0.0594 e. The summed E-state index contributed by atoms with van der Waals surface area (Å²) in [5.74, 6) is 0. The standard InChI is InChI=1S/C17H26N2O/c1-16(14-17-6-3-2-4-7-17)15-18-8-5-9-19-10-12-20-13-11-19/h2-4,6-7,14,18H,5,8-13,15H2,1H3/b16-14+. The van der Waals surface area contributed by atoms with E-state index in [0.717, 1.165) is 39.4 Å². The van der Waals surface area contributed by atoms with Gasteiger partial charge in [0.2, 0.25) is 0 Å². The first-order chi connectivity index (χ1) is 9.84. The van der Waals surface area contributed by atoms with Crippen molar-refractivity contribution in [1.29, 1.82) is 0 Å². The predicted octanol–water partition coefficient (Wildman–Crippen LogP) is 2.40. The van der Waals surface area contributed by atoms with Gasteiger partial charge in [-0.2, -0.15) is 0 Å². The third kappa shape index (κ3) is 5.87. The van der Waals surface area contributed by atoms with E-state index in [0.29, 0.717) is 0 Å². The van der Waals surface area contributed by atoms with Crippen molar-refractivity contribution in [1.82, 2.24) is 10.2 Å². The molecule has 0 unspecified atom stereocenters. The summed E-state index contributed by atoms with van der Waals surface area (Å²) >= 11 is 0. The molecular weight excluding hydrogens is 248 g/mol. The molecule has 0 bridgehead atoms. The Kier molecular flexibility index (Phi) is 6.78. The number of hydrogen-bond donors (Lipinski definition) is 1. The van der Waals surface area contributed by atoms with E-state index in [9.17, 15) is 0 Å². The summed E-state index contributed by atoms with van der Waals surface area (Å²) in [7, 11) is 0. The third-order valence-electron chi connectivity index (χ3n) is 3.55. The van der Waals surface area contributed by atoms with E-state index in [2.05, 4.69) is 53.5 Å². The minimum Gasteiger partial charge on any atom is -0.379 e. The first kappa shape index (κ1) is 15.2. The van der Waals surface area contributed by atoms with Gasteiger partial charge >= 0.3 is 0 Å². The van der Waals surface area contributed by atoms with Gasteiger partial charge in [0.25, 0.3) is 0 Å². The maximum absolute atomic E-state index is 5.35.